The van der Waals surface area contributed by atoms with E-state index in [0.717, 1.165) is 45.5 Å². The minimum absolute atomic E-state index is 0. The van der Waals surface area contributed by atoms with Crippen LogP contribution in [0.25, 0.3) is 0 Å². The predicted molar refractivity (Wildman–Crippen MR) is 128 cm³/mol. The number of guanidine groups is 1. The van der Waals surface area contributed by atoms with Crippen LogP contribution in [0.2, 0.25) is 0 Å². The first-order chi connectivity index (χ1) is 12.8. The molecule has 1 atom stereocenters. The molecule has 1 rings (SSSR count). The van der Waals surface area contributed by atoms with Gasteiger partial charge in [0.2, 0.25) is 5.91 Å². The molecular weight excluding hydrogens is 469 g/mol. The Labute approximate surface area is 189 Å². The number of halogens is 1. The Morgan fingerprint density at radius 1 is 1.14 bits per heavy atom. The van der Waals surface area contributed by atoms with Gasteiger partial charge in [-0.3, -0.25) is 9.69 Å². The number of carbonyl (C=O) groups is 1. The minimum atomic E-state index is -0.00388. The largest absolute Gasteiger partial charge is 0.376 e. The maximum absolute atomic E-state index is 11.9. The van der Waals surface area contributed by atoms with Crippen molar-refractivity contribution in [3.05, 3.63) is 0 Å². The van der Waals surface area contributed by atoms with E-state index in [1.54, 1.807) is 19.0 Å². The number of rotatable bonds is 10. The number of amides is 1. The highest BCUT2D eigenvalue weighted by Crippen LogP contribution is 2.11. The maximum atomic E-state index is 11.9. The van der Waals surface area contributed by atoms with Gasteiger partial charge in [0.1, 0.15) is 6.54 Å². The highest BCUT2D eigenvalue weighted by molar-refractivity contribution is 14.0. The molecule has 1 aliphatic heterocycles. The van der Waals surface area contributed by atoms with Crippen molar-refractivity contribution in [3.63, 3.8) is 0 Å². The van der Waals surface area contributed by atoms with E-state index < -0.39 is 0 Å². The quantitative estimate of drug-likeness (QED) is 0.204. The van der Waals surface area contributed by atoms with E-state index in [-0.39, 0.29) is 42.5 Å². The van der Waals surface area contributed by atoms with Crippen LogP contribution in [0.1, 0.15) is 53.4 Å². The smallest absolute Gasteiger partial charge is 0.243 e. The Hall–Kier alpha value is -0.610. The summed E-state index contributed by atoms with van der Waals surface area (Å²) in [6.45, 7) is 12.5. The number of likely N-dealkylation sites (N-methyl/N-ethyl adjacent to an activating group) is 1. The second-order valence-electron chi connectivity index (χ2n) is 8.03. The fraction of sp³-hybridized carbons (Fsp3) is 0.900. The van der Waals surface area contributed by atoms with E-state index in [9.17, 15) is 4.79 Å². The summed E-state index contributed by atoms with van der Waals surface area (Å²) in [5, 5.41) is 6.72. The van der Waals surface area contributed by atoms with E-state index in [1.807, 2.05) is 0 Å². The molecule has 28 heavy (non-hydrogen) atoms. The molecule has 0 saturated carbocycles. The van der Waals surface area contributed by atoms with E-state index in [0.29, 0.717) is 18.0 Å². The first-order valence-electron chi connectivity index (χ1n) is 10.4. The van der Waals surface area contributed by atoms with Gasteiger partial charge in [-0.05, 0) is 53.4 Å². The van der Waals surface area contributed by atoms with Gasteiger partial charge in [0.05, 0.1) is 6.10 Å². The van der Waals surface area contributed by atoms with Crippen molar-refractivity contribution in [2.24, 2.45) is 4.99 Å². The monoisotopic (exact) mass is 511 g/mol. The molecule has 0 aromatic rings. The standard InChI is InChI=1S/C20H41N5O2.HI/c1-16(2)25(17(3)4)12-9-11-21-20(23-15-19(26)24(5)6)22-14-18-10-7-8-13-27-18;/h16-18H,7-15H2,1-6H3,(H2,21,22,23);1H. The molecule has 166 valence electrons. The van der Waals surface area contributed by atoms with E-state index >= 15 is 0 Å². The van der Waals surface area contributed by atoms with E-state index in [1.165, 1.54) is 6.42 Å². The third-order valence-corrected chi connectivity index (χ3v) is 4.85. The highest BCUT2D eigenvalue weighted by atomic mass is 127. The summed E-state index contributed by atoms with van der Waals surface area (Å²) in [5.74, 6) is 0.691. The molecule has 1 unspecified atom stereocenters. The van der Waals surface area contributed by atoms with Gasteiger partial charge in [0.15, 0.2) is 5.96 Å². The predicted octanol–water partition coefficient (Wildman–Crippen LogP) is 2.31. The summed E-state index contributed by atoms with van der Waals surface area (Å²) in [7, 11) is 3.50. The molecular formula is C20H42IN5O2. The second-order valence-corrected chi connectivity index (χ2v) is 8.03. The molecule has 0 aromatic carbocycles. The number of nitrogens with zero attached hydrogens (tertiary/aromatic N) is 3. The topological polar surface area (TPSA) is 69.2 Å². The first-order valence-corrected chi connectivity index (χ1v) is 10.4. The fourth-order valence-electron chi connectivity index (χ4n) is 3.22. The summed E-state index contributed by atoms with van der Waals surface area (Å²) in [6.07, 6.45) is 4.70. The van der Waals surface area contributed by atoms with Gasteiger partial charge < -0.3 is 20.3 Å². The molecule has 0 bridgehead atoms. The molecule has 1 saturated heterocycles. The Balaban J connectivity index is 0.00000729. The van der Waals surface area contributed by atoms with Gasteiger partial charge in [-0.25, -0.2) is 4.99 Å². The molecule has 1 heterocycles. The SMILES string of the molecule is CC(C)N(CCCNC(=NCC(=O)N(C)C)NCC1CCCCO1)C(C)C.I. The number of ether oxygens (including phenoxy) is 1. The van der Waals surface area contributed by atoms with E-state index in [2.05, 4.69) is 48.2 Å². The van der Waals surface area contributed by atoms with Crippen molar-refractivity contribution in [1.29, 1.82) is 0 Å². The normalized spacial score (nSPS) is 17.6. The minimum Gasteiger partial charge on any atom is -0.376 e. The zero-order valence-corrected chi connectivity index (χ0v) is 21.0. The lowest BCUT2D eigenvalue weighted by molar-refractivity contribution is -0.127. The second kappa shape index (κ2) is 15.3. The average molecular weight is 511 g/mol. The van der Waals surface area contributed by atoms with Crippen LogP contribution in [0.3, 0.4) is 0 Å². The summed E-state index contributed by atoms with van der Waals surface area (Å²) in [4.78, 5) is 20.4. The van der Waals surface area contributed by atoms with Gasteiger partial charge >= 0.3 is 0 Å². The van der Waals surface area contributed by atoms with Crippen LogP contribution in [0, 0.1) is 0 Å². The molecule has 0 aromatic heterocycles. The van der Waals surface area contributed by atoms with Crippen LogP contribution in [0.5, 0.6) is 0 Å². The molecule has 8 heteroatoms. The van der Waals surface area contributed by atoms with Crippen molar-refractivity contribution < 1.29 is 9.53 Å². The van der Waals surface area contributed by atoms with Crippen molar-refractivity contribution in [2.45, 2.75) is 71.6 Å². The molecule has 1 aliphatic rings. The Bertz CT molecular complexity index is 444. The number of nitrogens with one attached hydrogen (secondary N) is 2. The third kappa shape index (κ3) is 11.4. The van der Waals surface area contributed by atoms with E-state index in [4.69, 9.17) is 4.74 Å². The number of carbonyl (C=O) groups excluding carboxylic acids is 1. The van der Waals surface area contributed by atoms with Crippen molar-refractivity contribution in [2.75, 3.05) is 46.9 Å². The summed E-state index contributed by atoms with van der Waals surface area (Å²) >= 11 is 0. The molecule has 2 N–H and O–H groups in total. The summed E-state index contributed by atoms with van der Waals surface area (Å²) < 4.78 is 5.77. The lowest BCUT2D eigenvalue weighted by Gasteiger charge is -2.30. The van der Waals surface area contributed by atoms with Crippen LogP contribution in [-0.4, -0.2) is 86.7 Å². The van der Waals surface area contributed by atoms with Gasteiger partial charge in [-0.15, -0.1) is 24.0 Å². The van der Waals surface area contributed by atoms with Gasteiger partial charge in [-0.1, -0.05) is 0 Å². The number of aliphatic imine (C=N–C) groups is 1. The third-order valence-electron chi connectivity index (χ3n) is 4.85. The number of hydrogen-bond donors (Lipinski definition) is 2. The Morgan fingerprint density at radius 2 is 1.82 bits per heavy atom. The zero-order chi connectivity index (χ0) is 20.2. The van der Waals surface area contributed by atoms with Gasteiger partial charge in [0, 0.05) is 52.4 Å². The molecule has 0 aliphatic carbocycles. The molecule has 7 nitrogen and oxygen atoms in total. The summed E-state index contributed by atoms with van der Waals surface area (Å²) in [5.41, 5.74) is 0. The molecule has 1 amide bonds. The summed E-state index contributed by atoms with van der Waals surface area (Å²) in [6, 6.07) is 1.08. The van der Waals surface area contributed by atoms with Crippen LogP contribution in [-0.2, 0) is 9.53 Å². The Kier molecular flexibility index (Phi) is 14.9. The van der Waals surface area contributed by atoms with Crippen LogP contribution in [0.4, 0.5) is 0 Å². The fourth-order valence-corrected chi connectivity index (χ4v) is 3.22. The number of hydrogen-bond acceptors (Lipinski definition) is 4. The highest BCUT2D eigenvalue weighted by Gasteiger charge is 2.15. The zero-order valence-electron chi connectivity index (χ0n) is 18.7. The maximum Gasteiger partial charge on any atom is 0.243 e. The van der Waals surface area contributed by atoms with Crippen molar-refractivity contribution in [1.82, 2.24) is 20.4 Å². The van der Waals surface area contributed by atoms with Crippen molar-refractivity contribution in [3.8, 4) is 0 Å². The molecule has 1 fully saturated rings. The molecule has 0 radical (unpaired) electrons. The molecule has 0 spiro atoms. The first kappa shape index (κ1) is 27.4. The van der Waals surface area contributed by atoms with Crippen molar-refractivity contribution >= 4 is 35.8 Å². The van der Waals surface area contributed by atoms with Crippen LogP contribution < -0.4 is 10.6 Å². The van der Waals surface area contributed by atoms with Gasteiger partial charge in [-0.2, -0.15) is 0 Å². The van der Waals surface area contributed by atoms with Crippen LogP contribution in [0.15, 0.2) is 4.99 Å². The lowest BCUT2D eigenvalue weighted by atomic mass is 10.1. The van der Waals surface area contributed by atoms with Gasteiger partial charge in [0.25, 0.3) is 0 Å². The Morgan fingerprint density at radius 3 is 2.36 bits per heavy atom. The van der Waals surface area contributed by atoms with Crippen LogP contribution >= 0.6 is 24.0 Å². The average Bonchev–Trinajstić information content (AvgIpc) is 2.62. The lowest BCUT2D eigenvalue weighted by Crippen LogP contribution is -2.44.